The fraction of sp³-hybridized carbons (Fsp3) is 0.733. The molecule has 2 fully saturated rings. The minimum atomic E-state index is 0.348. The molecule has 2 unspecified atom stereocenters. The monoisotopic (exact) mass is 291 g/mol. The lowest BCUT2D eigenvalue weighted by molar-refractivity contribution is -0.00905. The largest absolute Gasteiger partial charge is 0.374 e. The molecule has 1 saturated carbocycles. The lowest BCUT2D eigenvalue weighted by Gasteiger charge is -2.45. The molecule has 6 heteroatoms. The number of hydrogen-bond donors (Lipinski definition) is 2. The molecule has 1 saturated heterocycles. The van der Waals surface area contributed by atoms with Gasteiger partial charge in [-0.05, 0) is 19.8 Å². The number of nitrogens with one attached hydrogen (secondary N) is 1. The summed E-state index contributed by atoms with van der Waals surface area (Å²) in [6.45, 7) is 5.78. The molecule has 0 radical (unpaired) electrons. The van der Waals surface area contributed by atoms with E-state index in [-0.39, 0.29) is 0 Å². The summed E-state index contributed by atoms with van der Waals surface area (Å²) in [5, 5.41) is 0. The smallest absolute Gasteiger partial charge is 0.148 e. The van der Waals surface area contributed by atoms with E-state index in [1.807, 2.05) is 6.92 Å². The molecule has 0 amide bonds. The van der Waals surface area contributed by atoms with Crippen LogP contribution in [0.5, 0.6) is 0 Å². The summed E-state index contributed by atoms with van der Waals surface area (Å²) in [5.74, 6) is 8.21. The minimum Gasteiger partial charge on any atom is -0.374 e. The summed E-state index contributed by atoms with van der Waals surface area (Å²) in [7, 11) is 0. The van der Waals surface area contributed by atoms with E-state index in [1.165, 1.54) is 19.3 Å². The topological polar surface area (TPSA) is 76.3 Å². The Morgan fingerprint density at radius 2 is 2.14 bits per heavy atom. The third kappa shape index (κ3) is 2.70. The molecule has 6 nitrogen and oxygen atoms in total. The maximum atomic E-state index is 5.96. The van der Waals surface area contributed by atoms with Crippen LogP contribution in [0, 0.1) is 6.92 Å². The van der Waals surface area contributed by atoms with Crippen molar-refractivity contribution in [2.24, 2.45) is 5.84 Å². The Bertz CT molecular complexity index is 505. The van der Waals surface area contributed by atoms with Crippen molar-refractivity contribution in [3.63, 3.8) is 0 Å². The third-order valence-electron chi connectivity index (χ3n) is 4.62. The predicted octanol–water partition coefficient (Wildman–Crippen LogP) is 1.78. The Labute approximate surface area is 126 Å². The van der Waals surface area contributed by atoms with Crippen LogP contribution in [0.3, 0.4) is 0 Å². The number of anilines is 2. The zero-order valence-corrected chi connectivity index (χ0v) is 12.9. The lowest BCUT2D eigenvalue weighted by atomic mass is 9.90. The highest BCUT2D eigenvalue weighted by Crippen LogP contribution is 2.33. The molecule has 0 spiro atoms. The van der Waals surface area contributed by atoms with E-state index < -0.39 is 0 Å². The summed E-state index contributed by atoms with van der Waals surface area (Å²) in [6.07, 6.45) is 6.04. The van der Waals surface area contributed by atoms with Crippen molar-refractivity contribution in [1.29, 1.82) is 0 Å². The number of rotatable bonds is 3. The van der Waals surface area contributed by atoms with Gasteiger partial charge in [-0.25, -0.2) is 15.8 Å². The SMILES string of the molecule is CCc1nc(NN)c(C)c(N2CCOC3CCCCC32)n1. The first-order valence-corrected chi connectivity index (χ1v) is 7.97. The Morgan fingerprint density at radius 3 is 2.90 bits per heavy atom. The van der Waals surface area contributed by atoms with Crippen LogP contribution < -0.4 is 16.2 Å². The van der Waals surface area contributed by atoms with Crippen molar-refractivity contribution in [3.05, 3.63) is 11.4 Å². The summed E-state index contributed by atoms with van der Waals surface area (Å²) >= 11 is 0. The zero-order chi connectivity index (χ0) is 14.8. The molecule has 2 heterocycles. The molecule has 0 bridgehead atoms. The summed E-state index contributed by atoms with van der Waals surface area (Å²) < 4.78 is 5.96. The number of hydrazine groups is 1. The summed E-state index contributed by atoms with van der Waals surface area (Å²) in [5.41, 5.74) is 3.74. The van der Waals surface area contributed by atoms with Crippen LogP contribution in [0.1, 0.15) is 44.0 Å². The van der Waals surface area contributed by atoms with E-state index >= 15 is 0 Å². The van der Waals surface area contributed by atoms with Crippen molar-refractivity contribution >= 4 is 11.6 Å². The number of fused-ring (bicyclic) bond motifs is 1. The molecule has 2 atom stereocenters. The Balaban J connectivity index is 1.97. The second-order valence-electron chi connectivity index (χ2n) is 5.89. The number of morpholine rings is 1. The summed E-state index contributed by atoms with van der Waals surface area (Å²) in [4.78, 5) is 11.7. The second-order valence-corrected chi connectivity index (χ2v) is 5.89. The number of nitrogens with two attached hydrogens (primary N) is 1. The first-order valence-electron chi connectivity index (χ1n) is 7.97. The van der Waals surface area contributed by atoms with Crippen LogP contribution >= 0.6 is 0 Å². The normalized spacial score (nSPS) is 25.6. The van der Waals surface area contributed by atoms with Gasteiger partial charge in [0.05, 0.1) is 18.8 Å². The molecule has 3 N–H and O–H groups in total. The van der Waals surface area contributed by atoms with Gasteiger partial charge in [-0.1, -0.05) is 19.8 Å². The number of hydrogen-bond acceptors (Lipinski definition) is 6. The van der Waals surface area contributed by atoms with E-state index in [4.69, 9.17) is 15.6 Å². The van der Waals surface area contributed by atoms with Crippen LogP contribution in [0.4, 0.5) is 11.6 Å². The number of ether oxygens (including phenoxy) is 1. The highest BCUT2D eigenvalue weighted by Gasteiger charge is 2.35. The third-order valence-corrected chi connectivity index (χ3v) is 4.62. The fourth-order valence-corrected chi connectivity index (χ4v) is 3.49. The van der Waals surface area contributed by atoms with E-state index in [2.05, 4.69) is 22.2 Å². The van der Waals surface area contributed by atoms with Gasteiger partial charge in [0.15, 0.2) is 0 Å². The number of aryl methyl sites for hydroxylation is 1. The molecule has 0 aromatic carbocycles. The molecule has 2 aliphatic rings. The van der Waals surface area contributed by atoms with E-state index in [0.717, 1.165) is 49.0 Å². The molecular weight excluding hydrogens is 266 g/mol. The first-order chi connectivity index (χ1) is 10.2. The molecule has 3 rings (SSSR count). The highest BCUT2D eigenvalue weighted by atomic mass is 16.5. The Hall–Kier alpha value is -1.40. The first kappa shape index (κ1) is 14.5. The maximum absolute atomic E-state index is 5.96. The molecule has 1 aliphatic heterocycles. The number of aromatic nitrogens is 2. The van der Waals surface area contributed by atoms with Crippen LogP contribution in [0.2, 0.25) is 0 Å². The fourth-order valence-electron chi connectivity index (χ4n) is 3.49. The van der Waals surface area contributed by atoms with Gasteiger partial charge in [0.25, 0.3) is 0 Å². The predicted molar refractivity (Wildman–Crippen MR) is 83.3 cm³/mol. The van der Waals surface area contributed by atoms with Crippen molar-refractivity contribution in [2.75, 3.05) is 23.5 Å². The van der Waals surface area contributed by atoms with Crippen LogP contribution in [0.15, 0.2) is 0 Å². The molecule has 1 aromatic rings. The van der Waals surface area contributed by atoms with E-state index in [0.29, 0.717) is 12.1 Å². The standard InChI is InChI=1S/C15H25N5O/c1-3-13-17-14(19-16)10(2)15(18-13)20-8-9-21-12-7-5-4-6-11(12)20/h11-12H,3-9,16H2,1-2H3,(H,17,18,19). The Morgan fingerprint density at radius 1 is 1.33 bits per heavy atom. The zero-order valence-electron chi connectivity index (χ0n) is 12.9. The van der Waals surface area contributed by atoms with Gasteiger partial charge in [-0.2, -0.15) is 0 Å². The van der Waals surface area contributed by atoms with E-state index in [9.17, 15) is 0 Å². The summed E-state index contributed by atoms with van der Waals surface area (Å²) in [6, 6.07) is 0.441. The average Bonchev–Trinajstić information content (AvgIpc) is 2.54. The number of nitrogens with zero attached hydrogens (tertiary/aromatic N) is 3. The van der Waals surface area contributed by atoms with Gasteiger partial charge in [0.2, 0.25) is 0 Å². The lowest BCUT2D eigenvalue weighted by Crippen LogP contribution is -2.53. The van der Waals surface area contributed by atoms with Crippen molar-refractivity contribution in [3.8, 4) is 0 Å². The van der Waals surface area contributed by atoms with Crippen molar-refractivity contribution in [1.82, 2.24) is 9.97 Å². The van der Waals surface area contributed by atoms with Crippen molar-refractivity contribution in [2.45, 2.75) is 58.1 Å². The van der Waals surface area contributed by atoms with Gasteiger partial charge in [0, 0.05) is 18.5 Å². The number of nitrogen functional groups attached to an aromatic ring is 1. The van der Waals surface area contributed by atoms with Gasteiger partial charge in [-0.3, -0.25) is 0 Å². The molecule has 1 aromatic heterocycles. The molecule has 21 heavy (non-hydrogen) atoms. The second kappa shape index (κ2) is 6.15. The molecule has 1 aliphatic carbocycles. The van der Waals surface area contributed by atoms with Crippen LogP contribution in [-0.4, -0.2) is 35.3 Å². The highest BCUT2D eigenvalue weighted by molar-refractivity contribution is 5.59. The van der Waals surface area contributed by atoms with Gasteiger partial charge in [-0.15, -0.1) is 0 Å². The maximum Gasteiger partial charge on any atom is 0.148 e. The molecular formula is C15H25N5O. The van der Waals surface area contributed by atoms with Gasteiger partial charge >= 0.3 is 0 Å². The van der Waals surface area contributed by atoms with E-state index in [1.54, 1.807) is 0 Å². The quantitative estimate of drug-likeness (QED) is 0.653. The van der Waals surface area contributed by atoms with Crippen LogP contribution in [0.25, 0.3) is 0 Å². The minimum absolute atomic E-state index is 0.348. The van der Waals surface area contributed by atoms with Gasteiger partial charge in [0.1, 0.15) is 17.5 Å². The average molecular weight is 291 g/mol. The Kier molecular flexibility index (Phi) is 4.26. The molecule has 116 valence electrons. The van der Waals surface area contributed by atoms with Gasteiger partial charge < -0.3 is 15.1 Å². The van der Waals surface area contributed by atoms with Crippen molar-refractivity contribution < 1.29 is 4.74 Å². The van der Waals surface area contributed by atoms with Crippen LogP contribution in [-0.2, 0) is 11.2 Å².